The number of aryl methyl sites for hydroxylation is 2. The van der Waals surface area contributed by atoms with Crippen LogP contribution in [0.1, 0.15) is 11.1 Å². The van der Waals surface area contributed by atoms with Crippen LogP contribution >= 0.6 is 0 Å². The summed E-state index contributed by atoms with van der Waals surface area (Å²) in [7, 11) is 3.05. The Morgan fingerprint density at radius 3 is 2.23 bits per heavy atom. The fourth-order valence-electron chi connectivity index (χ4n) is 1.36. The van der Waals surface area contributed by atoms with Crippen molar-refractivity contribution in [3.8, 4) is 0 Å². The molecule has 70 valence electrons. The van der Waals surface area contributed by atoms with Crippen molar-refractivity contribution in [2.45, 2.75) is 13.8 Å². The van der Waals surface area contributed by atoms with Gasteiger partial charge in [-0.15, -0.1) is 0 Å². The zero-order chi connectivity index (χ0) is 9.84. The summed E-state index contributed by atoms with van der Waals surface area (Å²) < 4.78 is 10.4. The molecule has 0 spiro atoms. The fraction of sp³-hybridized carbons (Fsp3) is 0.400. The Balaban J connectivity index is 3.03. The highest BCUT2D eigenvalue weighted by molar-refractivity contribution is 6.61. The van der Waals surface area contributed by atoms with Crippen LogP contribution < -0.4 is 5.46 Å². The van der Waals surface area contributed by atoms with E-state index < -0.39 is 0 Å². The minimum atomic E-state index is -0.250. The van der Waals surface area contributed by atoms with Gasteiger partial charge < -0.3 is 9.31 Å². The highest BCUT2D eigenvalue weighted by Crippen LogP contribution is 2.01. The van der Waals surface area contributed by atoms with Crippen LogP contribution in [0.15, 0.2) is 18.2 Å². The third-order valence-electron chi connectivity index (χ3n) is 2.12. The molecule has 1 rings (SSSR count). The number of benzene rings is 1. The van der Waals surface area contributed by atoms with Gasteiger partial charge in [-0.3, -0.25) is 0 Å². The second-order valence-electron chi connectivity index (χ2n) is 3.16. The van der Waals surface area contributed by atoms with Crippen molar-refractivity contribution < 1.29 is 9.31 Å². The monoisotopic (exact) mass is 178 g/mol. The van der Waals surface area contributed by atoms with Gasteiger partial charge in [0.1, 0.15) is 0 Å². The Morgan fingerprint density at radius 1 is 1.08 bits per heavy atom. The predicted molar refractivity (Wildman–Crippen MR) is 55.3 cm³/mol. The van der Waals surface area contributed by atoms with E-state index in [-0.39, 0.29) is 7.12 Å². The maximum absolute atomic E-state index is 5.20. The van der Waals surface area contributed by atoms with E-state index in [2.05, 4.69) is 32.0 Å². The lowest BCUT2D eigenvalue weighted by Crippen LogP contribution is -2.36. The first-order chi connectivity index (χ1) is 6.19. The zero-order valence-corrected chi connectivity index (χ0v) is 8.63. The zero-order valence-electron chi connectivity index (χ0n) is 8.63. The molecule has 0 radical (unpaired) electrons. The molecule has 0 aliphatic heterocycles. The summed E-state index contributed by atoms with van der Waals surface area (Å²) in [5.74, 6) is 0. The Hall–Kier alpha value is -0.795. The lowest BCUT2D eigenvalue weighted by atomic mass is 9.75. The average molecular weight is 178 g/mol. The third kappa shape index (κ3) is 2.33. The van der Waals surface area contributed by atoms with E-state index in [1.165, 1.54) is 11.1 Å². The topological polar surface area (TPSA) is 18.5 Å². The quantitative estimate of drug-likeness (QED) is 0.649. The van der Waals surface area contributed by atoms with Crippen molar-refractivity contribution in [1.29, 1.82) is 0 Å². The summed E-state index contributed by atoms with van der Waals surface area (Å²) in [5, 5.41) is 0. The van der Waals surface area contributed by atoms with E-state index in [4.69, 9.17) is 9.31 Å². The van der Waals surface area contributed by atoms with Crippen LogP contribution in [0.25, 0.3) is 0 Å². The summed E-state index contributed by atoms with van der Waals surface area (Å²) >= 11 is 0. The molecule has 0 bridgehead atoms. The molecule has 0 aliphatic carbocycles. The van der Waals surface area contributed by atoms with Crippen molar-refractivity contribution in [3.63, 3.8) is 0 Å². The first-order valence-electron chi connectivity index (χ1n) is 4.31. The predicted octanol–water partition coefficient (Wildman–Crippen LogP) is 1.29. The van der Waals surface area contributed by atoms with Crippen LogP contribution in [0.3, 0.4) is 0 Å². The molecule has 0 atom stereocenters. The molecule has 2 nitrogen and oxygen atoms in total. The van der Waals surface area contributed by atoms with Gasteiger partial charge >= 0.3 is 7.12 Å². The number of hydrogen-bond acceptors (Lipinski definition) is 2. The standard InChI is InChI=1S/C10H15BO2/c1-8-5-6-9(2)10(7-8)11(12-3)13-4/h5-7H,1-4H3. The van der Waals surface area contributed by atoms with Crippen LogP contribution in [0.4, 0.5) is 0 Å². The average Bonchev–Trinajstić information content (AvgIpc) is 2.13. The Bertz CT molecular complexity index is 282. The van der Waals surface area contributed by atoms with Gasteiger partial charge in [0.2, 0.25) is 0 Å². The van der Waals surface area contributed by atoms with Crippen LogP contribution in [0.2, 0.25) is 0 Å². The fourth-order valence-corrected chi connectivity index (χ4v) is 1.36. The van der Waals surface area contributed by atoms with Gasteiger partial charge in [-0.1, -0.05) is 29.3 Å². The minimum absolute atomic E-state index is 0.250. The Morgan fingerprint density at radius 2 is 1.69 bits per heavy atom. The molecule has 0 aliphatic rings. The molecule has 0 aromatic heterocycles. The molecule has 0 amide bonds. The molecule has 0 N–H and O–H groups in total. The van der Waals surface area contributed by atoms with E-state index in [0.717, 1.165) is 5.46 Å². The van der Waals surface area contributed by atoms with Gasteiger partial charge in [0.25, 0.3) is 0 Å². The van der Waals surface area contributed by atoms with Crippen LogP contribution in [-0.2, 0) is 9.31 Å². The molecule has 1 aromatic rings. The van der Waals surface area contributed by atoms with E-state index >= 15 is 0 Å². The van der Waals surface area contributed by atoms with Gasteiger partial charge in [0.15, 0.2) is 0 Å². The van der Waals surface area contributed by atoms with Gasteiger partial charge in [-0.25, -0.2) is 0 Å². The number of rotatable bonds is 3. The first kappa shape index (κ1) is 10.3. The van der Waals surface area contributed by atoms with Crippen molar-refractivity contribution in [1.82, 2.24) is 0 Å². The van der Waals surface area contributed by atoms with Crippen LogP contribution in [0, 0.1) is 13.8 Å². The van der Waals surface area contributed by atoms with Crippen molar-refractivity contribution in [2.75, 3.05) is 14.2 Å². The molecule has 1 aromatic carbocycles. The van der Waals surface area contributed by atoms with Gasteiger partial charge in [0.05, 0.1) is 0 Å². The number of hydrogen-bond donors (Lipinski definition) is 0. The molecule has 0 heterocycles. The van der Waals surface area contributed by atoms with Crippen molar-refractivity contribution >= 4 is 12.6 Å². The summed E-state index contributed by atoms with van der Waals surface area (Å²) in [5.41, 5.74) is 3.52. The third-order valence-corrected chi connectivity index (χ3v) is 2.12. The lowest BCUT2D eigenvalue weighted by Gasteiger charge is -2.11. The highest BCUT2D eigenvalue weighted by atomic mass is 16.6. The maximum Gasteiger partial charge on any atom is 0.493 e. The SMILES string of the molecule is COB(OC)c1cc(C)ccc1C. The smallest absolute Gasteiger partial charge is 0.410 e. The maximum atomic E-state index is 5.20. The van der Waals surface area contributed by atoms with E-state index in [1.54, 1.807) is 14.2 Å². The molecule has 0 fully saturated rings. The highest BCUT2D eigenvalue weighted by Gasteiger charge is 2.19. The minimum Gasteiger partial charge on any atom is -0.410 e. The molecule has 0 saturated heterocycles. The summed E-state index contributed by atoms with van der Waals surface area (Å²) in [6.07, 6.45) is 0. The Labute approximate surface area is 80.0 Å². The molecule has 0 saturated carbocycles. The van der Waals surface area contributed by atoms with Gasteiger partial charge in [-0.05, 0) is 19.3 Å². The van der Waals surface area contributed by atoms with Gasteiger partial charge in [-0.2, -0.15) is 0 Å². The van der Waals surface area contributed by atoms with Crippen molar-refractivity contribution in [2.24, 2.45) is 0 Å². The summed E-state index contributed by atoms with van der Waals surface area (Å²) in [6, 6.07) is 6.25. The summed E-state index contributed by atoms with van der Waals surface area (Å²) in [6.45, 7) is 4.12. The molecular formula is C10H15BO2. The second kappa shape index (κ2) is 4.44. The van der Waals surface area contributed by atoms with Crippen molar-refractivity contribution in [3.05, 3.63) is 29.3 Å². The second-order valence-corrected chi connectivity index (χ2v) is 3.16. The van der Waals surface area contributed by atoms with Gasteiger partial charge in [0, 0.05) is 14.2 Å². The van der Waals surface area contributed by atoms with E-state index in [1.807, 2.05) is 0 Å². The first-order valence-corrected chi connectivity index (χ1v) is 4.31. The lowest BCUT2D eigenvalue weighted by molar-refractivity contribution is 0.291. The van der Waals surface area contributed by atoms with E-state index in [9.17, 15) is 0 Å². The Kier molecular flexibility index (Phi) is 3.52. The van der Waals surface area contributed by atoms with E-state index in [0.29, 0.717) is 0 Å². The molecule has 13 heavy (non-hydrogen) atoms. The largest absolute Gasteiger partial charge is 0.493 e. The summed E-state index contributed by atoms with van der Waals surface area (Å²) in [4.78, 5) is 0. The molecule has 0 unspecified atom stereocenters. The van der Waals surface area contributed by atoms with Crippen LogP contribution in [-0.4, -0.2) is 21.3 Å². The molecule has 3 heteroatoms. The van der Waals surface area contributed by atoms with Crippen LogP contribution in [0.5, 0.6) is 0 Å². The normalized spacial score (nSPS) is 10.2. The molecular weight excluding hydrogens is 163 g/mol.